The minimum atomic E-state index is 0.779. The third-order valence-corrected chi connectivity index (χ3v) is 5.40. The summed E-state index contributed by atoms with van der Waals surface area (Å²) in [7, 11) is 0. The van der Waals surface area contributed by atoms with Crippen LogP contribution < -0.4 is 10.6 Å². The molecule has 3 aromatic rings. The molecular weight excluding hydrogens is 380 g/mol. The van der Waals surface area contributed by atoms with E-state index in [9.17, 15) is 0 Å². The normalized spacial score (nSPS) is 11.6. The minimum Gasteiger partial charge on any atom is -0.357 e. The Balaban J connectivity index is 1.47. The Labute approximate surface area is 177 Å². The van der Waals surface area contributed by atoms with Crippen molar-refractivity contribution in [3.8, 4) is 5.69 Å². The van der Waals surface area contributed by atoms with Crippen LogP contribution in [-0.2, 0) is 12.8 Å². The molecule has 0 aliphatic carbocycles. The van der Waals surface area contributed by atoms with Crippen molar-refractivity contribution in [2.75, 3.05) is 19.6 Å². The molecule has 0 bridgehead atoms. The van der Waals surface area contributed by atoms with Crippen LogP contribution in [0.2, 0.25) is 0 Å². The van der Waals surface area contributed by atoms with Crippen LogP contribution >= 0.6 is 11.3 Å². The Kier molecular flexibility index (Phi) is 7.81. The number of hydrogen-bond donors (Lipinski definition) is 2. The molecule has 6 nitrogen and oxygen atoms in total. The van der Waals surface area contributed by atoms with E-state index in [4.69, 9.17) is 4.99 Å². The van der Waals surface area contributed by atoms with Gasteiger partial charge in [0.1, 0.15) is 0 Å². The lowest BCUT2D eigenvalue weighted by Gasteiger charge is -2.10. The summed E-state index contributed by atoms with van der Waals surface area (Å²) in [5, 5.41) is 14.6. The summed E-state index contributed by atoms with van der Waals surface area (Å²) < 4.78 is 1.96. The number of guanidine groups is 1. The second-order valence-corrected chi connectivity index (χ2v) is 7.98. The number of rotatable bonds is 9. The Hall–Kier alpha value is -2.67. The molecule has 2 aromatic heterocycles. The number of aliphatic imine (C=N–C) groups is 1. The quantitative estimate of drug-likeness (QED) is 0.321. The van der Waals surface area contributed by atoms with Crippen LogP contribution in [0.3, 0.4) is 0 Å². The lowest BCUT2D eigenvalue weighted by atomic mass is 10.1. The largest absolute Gasteiger partial charge is 0.357 e. The van der Waals surface area contributed by atoms with Crippen molar-refractivity contribution < 1.29 is 0 Å². The van der Waals surface area contributed by atoms with Crippen LogP contribution in [0.1, 0.15) is 35.3 Å². The molecule has 0 saturated heterocycles. The third kappa shape index (κ3) is 6.42. The molecular formula is C22H30N6S. The maximum absolute atomic E-state index is 4.71. The van der Waals surface area contributed by atoms with E-state index >= 15 is 0 Å². The van der Waals surface area contributed by atoms with Gasteiger partial charge in [0.15, 0.2) is 5.96 Å². The summed E-state index contributed by atoms with van der Waals surface area (Å²) in [5.74, 6) is 0.871. The fourth-order valence-electron chi connectivity index (χ4n) is 3.09. The molecule has 1 aromatic carbocycles. The highest BCUT2D eigenvalue weighted by molar-refractivity contribution is 7.09. The van der Waals surface area contributed by atoms with Crippen molar-refractivity contribution in [2.45, 2.75) is 40.0 Å². The lowest BCUT2D eigenvalue weighted by Crippen LogP contribution is -2.38. The first-order valence-corrected chi connectivity index (χ1v) is 11.1. The van der Waals surface area contributed by atoms with Crippen molar-refractivity contribution in [3.63, 3.8) is 0 Å². The number of nitrogens with zero attached hydrogens (tertiary/aromatic N) is 4. The van der Waals surface area contributed by atoms with Gasteiger partial charge in [-0.1, -0.05) is 18.2 Å². The molecule has 2 N–H and O–H groups in total. The van der Waals surface area contributed by atoms with Gasteiger partial charge in [-0.15, -0.1) is 11.3 Å². The standard InChI is InChI=1S/C22H30N6S/c1-4-23-22(25-14-12-20-16-29-18(3)26-20)24-13-8-9-19-15-28(27-17(19)2)21-10-6-5-7-11-21/h5-7,10-11,15-16H,4,8-9,12-14H2,1-3H3,(H2,23,24,25). The second kappa shape index (κ2) is 10.8. The zero-order valence-electron chi connectivity index (χ0n) is 17.5. The molecule has 0 unspecified atom stereocenters. The van der Waals surface area contributed by atoms with E-state index in [0.29, 0.717) is 0 Å². The van der Waals surface area contributed by atoms with E-state index in [2.05, 4.69) is 58.3 Å². The van der Waals surface area contributed by atoms with E-state index in [1.807, 2.05) is 29.8 Å². The fraction of sp³-hybridized carbons (Fsp3) is 0.409. The van der Waals surface area contributed by atoms with Gasteiger partial charge >= 0.3 is 0 Å². The van der Waals surface area contributed by atoms with Crippen molar-refractivity contribution in [1.82, 2.24) is 25.4 Å². The van der Waals surface area contributed by atoms with Crippen molar-refractivity contribution in [2.24, 2.45) is 4.99 Å². The SMILES string of the molecule is CCNC(=NCCCc1cn(-c2ccccc2)nc1C)NCCc1csc(C)n1. The Morgan fingerprint density at radius 3 is 2.69 bits per heavy atom. The molecule has 0 aliphatic rings. The van der Waals surface area contributed by atoms with Gasteiger partial charge in [-0.05, 0) is 51.3 Å². The van der Waals surface area contributed by atoms with E-state index in [-0.39, 0.29) is 0 Å². The summed E-state index contributed by atoms with van der Waals surface area (Å²) in [6.45, 7) is 8.66. The highest BCUT2D eigenvalue weighted by atomic mass is 32.1. The first-order chi connectivity index (χ1) is 14.2. The molecule has 0 spiro atoms. The molecule has 0 radical (unpaired) electrons. The second-order valence-electron chi connectivity index (χ2n) is 6.92. The summed E-state index contributed by atoms with van der Waals surface area (Å²) in [6, 6.07) is 10.2. The predicted molar refractivity (Wildman–Crippen MR) is 121 cm³/mol. The van der Waals surface area contributed by atoms with Crippen LogP contribution in [0.25, 0.3) is 5.69 Å². The first kappa shape index (κ1) is 21.0. The number of nitrogens with one attached hydrogen (secondary N) is 2. The van der Waals surface area contributed by atoms with Gasteiger partial charge in [-0.3, -0.25) is 4.99 Å². The average Bonchev–Trinajstić information content (AvgIpc) is 3.31. The van der Waals surface area contributed by atoms with Gasteiger partial charge in [-0.25, -0.2) is 9.67 Å². The molecule has 3 rings (SSSR count). The summed E-state index contributed by atoms with van der Waals surface area (Å²) >= 11 is 1.70. The van der Waals surface area contributed by atoms with Gasteiger partial charge in [0.2, 0.25) is 0 Å². The number of hydrogen-bond acceptors (Lipinski definition) is 4. The minimum absolute atomic E-state index is 0.779. The molecule has 154 valence electrons. The monoisotopic (exact) mass is 410 g/mol. The van der Waals surface area contributed by atoms with Gasteiger partial charge in [0, 0.05) is 37.6 Å². The van der Waals surface area contributed by atoms with E-state index in [0.717, 1.165) is 66.9 Å². The van der Waals surface area contributed by atoms with Crippen LogP contribution in [0.15, 0.2) is 46.9 Å². The molecule has 2 heterocycles. The Morgan fingerprint density at radius 2 is 1.97 bits per heavy atom. The number of aromatic nitrogens is 3. The topological polar surface area (TPSA) is 67.1 Å². The third-order valence-electron chi connectivity index (χ3n) is 4.58. The summed E-state index contributed by atoms with van der Waals surface area (Å²) in [6.07, 6.45) is 5.00. The number of thiazole rings is 1. The van der Waals surface area contributed by atoms with Crippen LogP contribution in [0, 0.1) is 13.8 Å². The molecule has 0 amide bonds. The highest BCUT2D eigenvalue weighted by Crippen LogP contribution is 2.13. The first-order valence-electron chi connectivity index (χ1n) is 10.2. The smallest absolute Gasteiger partial charge is 0.191 e. The number of para-hydroxylation sites is 1. The van der Waals surface area contributed by atoms with Gasteiger partial charge in [0.05, 0.1) is 22.1 Å². The molecule has 0 saturated carbocycles. The van der Waals surface area contributed by atoms with Gasteiger partial charge < -0.3 is 10.6 Å². The van der Waals surface area contributed by atoms with Crippen LogP contribution in [0.4, 0.5) is 0 Å². The van der Waals surface area contributed by atoms with E-state index in [1.54, 1.807) is 11.3 Å². The predicted octanol–water partition coefficient (Wildman–Crippen LogP) is 3.68. The molecule has 0 atom stereocenters. The molecule has 29 heavy (non-hydrogen) atoms. The van der Waals surface area contributed by atoms with Crippen molar-refractivity contribution in [1.29, 1.82) is 0 Å². The van der Waals surface area contributed by atoms with E-state index < -0.39 is 0 Å². The van der Waals surface area contributed by atoms with Gasteiger partial charge in [-0.2, -0.15) is 5.10 Å². The van der Waals surface area contributed by atoms with Crippen molar-refractivity contribution in [3.05, 3.63) is 63.9 Å². The molecule has 0 fully saturated rings. The summed E-state index contributed by atoms with van der Waals surface area (Å²) in [4.78, 5) is 9.21. The zero-order valence-corrected chi connectivity index (χ0v) is 18.3. The van der Waals surface area contributed by atoms with Crippen LogP contribution in [0.5, 0.6) is 0 Å². The molecule has 7 heteroatoms. The maximum atomic E-state index is 4.71. The summed E-state index contributed by atoms with van der Waals surface area (Å²) in [5.41, 5.74) is 4.60. The Morgan fingerprint density at radius 1 is 1.14 bits per heavy atom. The zero-order chi connectivity index (χ0) is 20.5. The number of benzene rings is 1. The highest BCUT2D eigenvalue weighted by Gasteiger charge is 2.06. The fourth-order valence-corrected chi connectivity index (χ4v) is 3.74. The van der Waals surface area contributed by atoms with Gasteiger partial charge in [0.25, 0.3) is 0 Å². The van der Waals surface area contributed by atoms with E-state index in [1.165, 1.54) is 5.56 Å². The maximum Gasteiger partial charge on any atom is 0.191 e. The van der Waals surface area contributed by atoms with Crippen molar-refractivity contribution >= 4 is 17.3 Å². The molecule has 0 aliphatic heterocycles. The van der Waals surface area contributed by atoms with Crippen LogP contribution in [-0.4, -0.2) is 40.4 Å². The number of aryl methyl sites for hydroxylation is 3. The Bertz CT molecular complexity index is 913. The average molecular weight is 411 g/mol. The lowest BCUT2D eigenvalue weighted by molar-refractivity contribution is 0.770.